The summed E-state index contributed by atoms with van der Waals surface area (Å²) in [6.45, 7) is 9.93. The molecule has 0 aliphatic rings. The number of aromatic nitrogens is 2. The summed E-state index contributed by atoms with van der Waals surface area (Å²) < 4.78 is 14.6. The average molecular weight is 317 g/mol. The van der Waals surface area contributed by atoms with E-state index in [9.17, 15) is 9.18 Å². The van der Waals surface area contributed by atoms with Crippen molar-refractivity contribution in [1.29, 1.82) is 0 Å². The third kappa shape index (κ3) is 3.97. The fraction of sp³-hybridized carbons (Fsp3) is 0.444. The fourth-order valence-electron chi connectivity index (χ4n) is 2.62. The van der Waals surface area contributed by atoms with E-state index in [0.29, 0.717) is 11.3 Å². The van der Waals surface area contributed by atoms with Crippen LogP contribution in [0, 0.1) is 5.82 Å². The fourth-order valence-corrected chi connectivity index (χ4v) is 2.62. The minimum absolute atomic E-state index is 0.148. The number of aryl methyl sites for hydroxylation is 1. The van der Waals surface area contributed by atoms with Crippen molar-refractivity contribution in [3.05, 3.63) is 51.7 Å². The van der Waals surface area contributed by atoms with Gasteiger partial charge in [-0.1, -0.05) is 13.3 Å². The first-order valence-electron chi connectivity index (χ1n) is 7.89. The van der Waals surface area contributed by atoms with E-state index in [0.717, 1.165) is 24.2 Å². The quantitative estimate of drug-likeness (QED) is 0.855. The summed E-state index contributed by atoms with van der Waals surface area (Å²) in [6.07, 6.45) is 1.68. The van der Waals surface area contributed by atoms with Crippen LogP contribution in [0.15, 0.2) is 34.1 Å². The van der Waals surface area contributed by atoms with Gasteiger partial charge in [-0.2, -0.15) is 0 Å². The maximum Gasteiger partial charge on any atom is 0.280 e. The van der Waals surface area contributed by atoms with Crippen molar-refractivity contribution < 1.29 is 4.39 Å². The number of aliphatic imine (C=N–C) groups is 1. The summed E-state index contributed by atoms with van der Waals surface area (Å²) in [5.74, 6) is -0.326. The number of halogens is 1. The molecule has 2 rings (SSSR count). The van der Waals surface area contributed by atoms with E-state index < -0.39 is 0 Å². The van der Waals surface area contributed by atoms with Gasteiger partial charge in [-0.25, -0.2) is 9.07 Å². The molecule has 0 radical (unpaired) electrons. The van der Waals surface area contributed by atoms with Gasteiger partial charge in [0.2, 0.25) is 0 Å². The maximum atomic E-state index is 13.1. The van der Waals surface area contributed by atoms with Gasteiger partial charge >= 0.3 is 0 Å². The highest BCUT2D eigenvalue weighted by Gasteiger charge is 2.19. The zero-order chi connectivity index (χ0) is 17.2. The van der Waals surface area contributed by atoms with E-state index in [4.69, 9.17) is 0 Å². The minimum atomic E-state index is -0.326. The third-order valence-electron chi connectivity index (χ3n) is 3.42. The number of benzene rings is 1. The Labute approximate surface area is 136 Å². The first kappa shape index (κ1) is 17.2. The SMILES string of the molecule is CCCc1[nH]n(-c2ccc(F)cc2)c(=O)c1C(C)=NC(C)(C)C. The van der Waals surface area contributed by atoms with Crippen LogP contribution < -0.4 is 5.56 Å². The summed E-state index contributed by atoms with van der Waals surface area (Å²) in [6, 6.07) is 5.86. The topological polar surface area (TPSA) is 50.1 Å². The van der Waals surface area contributed by atoms with Crippen LogP contribution in [-0.2, 0) is 6.42 Å². The highest BCUT2D eigenvalue weighted by molar-refractivity contribution is 5.99. The largest absolute Gasteiger partial charge is 0.294 e. The molecule has 0 spiro atoms. The molecule has 0 amide bonds. The van der Waals surface area contributed by atoms with E-state index >= 15 is 0 Å². The second-order valence-corrected chi connectivity index (χ2v) is 6.70. The van der Waals surface area contributed by atoms with E-state index in [-0.39, 0.29) is 16.9 Å². The number of rotatable bonds is 4. The molecule has 0 saturated heterocycles. The van der Waals surface area contributed by atoms with Crippen LogP contribution in [0.5, 0.6) is 0 Å². The molecule has 124 valence electrons. The molecular weight excluding hydrogens is 293 g/mol. The van der Waals surface area contributed by atoms with E-state index in [1.165, 1.54) is 16.8 Å². The highest BCUT2D eigenvalue weighted by Crippen LogP contribution is 2.14. The van der Waals surface area contributed by atoms with E-state index in [1.54, 1.807) is 12.1 Å². The standard InChI is InChI=1S/C18H24FN3O/c1-6-7-15-16(12(2)20-18(3,4)5)17(23)22(21-15)14-10-8-13(19)9-11-14/h8-11,21H,6-7H2,1-5H3. The molecule has 0 unspecified atom stereocenters. The molecule has 0 aliphatic carbocycles. The highest BCUT2D eigenvalue weighted by atomic mass is 19.1. The molecule has 0 saturated carbocycles. The van der Waals surface area contributed by atoms with Gasteiger partial charge in [-0.15, -0.1) is 0 Å². The molecule has 1 aromatic carbocycles. The van der Waals surface area contributed by atoms with Gasteiger partial charge in [0.1, 0.15) is 5.82 Å². The van der Waals surface area contributed by atoms with Crippen LogP contribution in [0.1, 0.15) is 52.3 Å². The Hall–Kier alpha value is -2.17. The normalized spacial score (nSPS) is 12.7. The second-order valence-electron chi connectivity index (χ2n) is 6.70. The van der Waals surface area contributed by atoms with Crippen molar-refractivity contribution in [2.75, 3.05) is 0 Å². The first-order valence-corrected chi connectivity index (χ1v) is 7.89. The summed E-state index contributed by atoms with van der Waals surface area (Å²) in [5.41, 5.74) is 2.42. The average Bonchev–Trinajstić information content (AvgIpc) is 2.75. The number of nitrogens with zero attached hydrogens (tertiary/aromatic N) is 2. The van der Waals surface area contributed by atoms with Crippen molar-refractivity contribution in [1.82, 2.24) is 9.78 Å². The Morgan fingerprint density at radius 3 is 2.39 bits per heavy atom. The van der Waals surface area contributed by atoms with E-state index in [2.05, 4.69) is 17.0 Å². The number of hydrogen-bond donors (Lipinski definition) is 1. The van der Waals surface area contributed by atoms with Gasteiger partial charge in [0.25, 0.3) is 5.56 Å². The smallest absolute Gasteiger partial charge is 0.280 e. The number of nitrogens with one attached hydrogen (secondary N) is 1. The molecule has 1 aromatic heterocycles. The van der Waals surface area contributed by atoms with Crippen LogP contribution in [0.25, 0.3) is 5.69 Å². The predicted octanol–water partition coefficient (Wildman–Crippen LogP) is 3.86. The Kier molecular flexibility index (Phi) is 4.88. The zero-order valence-electron chi connectivity index (χ0n) is 14.4. The van der Waals surface area contributed by atoms with Crippen molar-refractivity contribution in [2.24, 2.45) is 4.99 Å². The van der Waals surface area contributed by atoms with Crippen molar-refractivity contribution in [2.45, 2.75) is 53.0 Å². The molecule has 0 bridgehead atoms. The van der Waals surface area contributed by atoms with Crippen LogP contribution in [0.2, 0.25) is 0 Å². The Bertz CT molecular complexity index is 761. The van der Waals surface area contributed by atoms with Gasteiger partial charge < -0.3 is 0 Å². The van der Waals surface area contributed by atoms with Crippen molar-refractivity contribution in [3.8, 4) is 5.69 Å². The van der Waals surface area contributed by atoms with Crippen molar-refractivity contribution >= 4 is 5.71 Å². The maximum absolute atomic E-state index is 13.1. The predicted molar refractivity (Wildman–Crippen MR) is 92.3 cm³/mol. The molecule has 1 N–H and O–H groups in total. The molecule has 2 aromatic rings. The van der Waals surface area contributed by atoms with Crippen molar-refractivity contribution in [3.63, 3.8) is 0 Å². The molecule has 4 nitrogen and oxygen atoms in total. The van der Waals surface area contributed by atoms with Crippen LogP contribution in [0.4, 0.5) is 4.39 Å². The number of hydrogen-bond acceptors (Lipinski definition) is 2. The summed E-state index contributed by atoms with van der Waals surface area (Å²) >= 11 is 0. The molecule has 0 fully saturated rings. The molecule has 0 aliphatic heterocycles. The lowest BCUT2D eigenvalue weighted by molar-refractivity contribution is 0.583. The summed E-state index contributed by atoms with van der Waals surface area (Å²) in [7, 11) is 0. The lowest BCUT2D eigenvalue weighted by atomic mass is 10.1. The monoisotopic (exact) mass is 317 g/mol. The lowest BCUT2D eigenvalue weighted by Crippen LogP contribution is -2.22. The number of aromatic amines is 1. The zero-order valence-corrected chi connectivity index (χ0v) is 14.4. The molecule has 1 heterocycles. The van der Waals surface area contributed by atoms with Gasteiger partial charge in [0.05, 0.1) is 16.8 Å². The van der Waals surface area contributed by atoms with Crippen LogP contribution >= 0.6 is 0 Å². The van der Waals surface area contributed by atoms with Gasteiger partial charge in [0, 0.05) is 11.4 Å². The Morgan fingerprint density at radius 1 is 1.26 bits per heavy atom. The summed E-state index contributed by atoms with van der Waals surface area (Å²) in [5, 5.41) is 3.15. The summed E-state index contributed by atoms with van der Waals surface area (Å²) in [4.78, 5) is 17.5. The number of H-pyrrole nitrogens is 1. The second kappa shape index (κ2) is 6.52. The van der Waals surface area contributed by atoms with Gasteiger partial charge in [0.15, 0.2) is 0 Å². The molecule has 5 heteroatoms. The Morgan fingerprint density at radius 2 is 1.87 bits per heavy atom. The first-order chi connectivity index (χ1) is 10.7. The van der Waals surface area contributed by atoms with E-state index in [1.807, 2.05) is 27.7 Å². The Balaban J connectivity index is 2.61. The van der Waals surface area contributed by atoms with Crippen LogP contribution in [0.3, 0.4) is 0 Å². The molecule has 0 atom stereocenters. The minimum Gasteiger partial charge on any atom is -0.294 e. The molecular formula is C18H24FN3O. The lowest BCUT2D eigenvalue weighted by Gasteiger charge is -2.13. The molecule has 23 heavy (non-hydrogen) atoms. The van der Waals surface area contributed by atoms with Crippen LogP contribution in [-0.4, -0.2) is 21.0 Å². The van der Waals surface area contributed by atoms with Gasteiger partial charge in [-0.3, -0.25) is 14.9 Å². The third-order valence-corrected chi connectivity index (χ3v) is 3.42. The van der Waals surface area contributed by atoms with Gasteiger partial charge in [-0.05, 0) is 58.4 Å².